The molecule has 0 saturated carbocycles. The van der Waals surface area contributed by atoms with E-state index in [2.05, 4.69) is 34.2 Å². The minimum atomic E-state index is 0.510. The number of rotatable bonds is 4. The van der Waals surface area contributed by atoms with Crippen LogP contribution >= 0.6 is 0 Å². The van der Waals surface area contributed by atoms with Crippen molar-refractivity contribution in [3.05, 3.63) is 90.8 Å². The molecule has 4 aromatic rings. The standard InChI is InChI=1S/C21H16N2O/c1-2-5-16(6-3-1)15-24-21-14-19(10-12-23-21)18-9-8-17-7-4-11-22-20(17)13-18/h1-14H,15H2. The van der Waals surface area contributed by atoms with Gasteiger partial charge < -0.3 is 4.74 Å². The Kier molecular flexibility index (Phi) is 3.90. The average molecular weight is 312 g/mol. The maximum Gasteiger partial charge on any atom is 0.214 e. The van der Waals surface area contributed by atoms with E-state index in [0.29, 0.717) is 12.5 Å². The Hall–Kier alpha value is -3.20. The third kappa shape index (κ3) is 3.10. The van der Waals surface area contributed by atoms with Gasteiger partial charge in [-0.05, 0) is 34.9 Å². The van der Waals surface area contributed by atoms with Gasteiger partial charge in [0, 0.05) is 23.8 Å². The maximum absolute atomic E-state index is 5.81. The van der Waals surface area contributed by atoms with Gasteiger partial charge in [-0.3, -0.25) is 4.98 Å². The fourth-order valence-corrected chi connectivity index (χ4v) is 2.65. The molecular weight excluding hydrogens is 296 g/mol. The van der Waals surface area contributed by atoms with Crippen molar-refractivity contribution in [2.75, 3.05) is 0 Å². The van der Waals surface area contributed by atoms with Gasteiger partial charge in [-0.15, -0.1) is 0 Å². The maximum atomic E-state index is 5.81. The summed E-state index contributed by atoms with van der Waals surface area (Å²) in [6.45, 7) is 0.510. The number of ether oxygens (including phenoxy) is 1. The summed E-state index contributed by atoms with van der Waals surface area (Å²) < 4.78 is 5.81. The minimum absolute atomic E-state index is 0.510. The molecule has 0 aliphatic heterocycles. The van der Waals surface area contributed by atoms with Gasteiger partial charge in [0.2, 0.25) is 5.88 Å². The van der Waals surface area contributed by atoms with E-state index in [4.69, 9.17) is 4.74 Å². The van der Waals surface area contributed by atoms with E-state index in [-0.39, 0.29) is 0 Å². The molecule has 0 aliphatic carbocycles. The van der Waals surface area contributed by atoms with Gasteiger partial charge in [0.1, 0.15) is 6.61 Å². The van der Waals surface area contributed by atoms with Crippen molar-refractivity contribution >= 4 is 10.9 Å². The highest BCUT2D eigenvalue weighted by Crippen LogP contribution is 2.25. The van der Waals surface area contributed by atoms with Crippen LogP contribution in [0.4, 0.5) is 0 Å². The molecule has 116 valence electrons. The van der Waals surface area contributed by atoms with Crippen molar-refractivity contribution in [2.24, 2.45) is 0 Å². The smallest absolute Gasteiger partial charge is 0.214 e. The lowest BCUT2D eigenvalue weighted by Gasteiger charge is -2.08. The summed E-state index contributed by atoms with van der Waals surface area (Å²) in [5.41, 5.74) is 4.28. The molecule has 2 aromatic carbocycles. The largest absolute Gasteiger partial charge is 0.473 e. The molecule has 24 heavy (non-hydrogen) atoms. The van der Waals surface area contributed by atoms with E-state index < -0.39 is 0 Å². The summed E-state index contributed by atoms with van der Waals surface area (Å²) in [5.74, 6) is 0.623. The van der Waals surface area contributed by atoms with Crippen LogP contribution in [0.3, 0.4) is 0 Å². The lowest BCUT2D eigenvalue weighted by atomic mass is 10.0. The average Bonchev–Trinajstić information content (AvgIpc) is 2.67. The zero-order valence-corrected chi connectivity index (χ0v) is 13.1. The van der Waals surface area contributed by atoms with Crippen molar-refractivity contribution in [1.29, 1.82) is 0 Å². The SMILES string of the molecule is c1ccc(COc2cc(-c3ccc4cccnc4c3)ccn2)cc1. The van der Waals surface area contributed by atoms with Crippen molar-refractivity contribution in [3.8, 4) is 17.0 Å². The molecule has 0 aliphatic rings. The molecule has 2 aromatic heterocycles. The van der Waals surface area contributed by atoms with E-state index in [9.17, 15) is 0 Å². The zero-order chi connectivity index (χ0) is 16.2. The lowest BCUT2D eigenvalue weighted by Crippen LogP contribution is -1.97. The molecule has 2 heterocycles. The second-order valence-corrected chi connectivity index (χ2v) is 5.57. The van der Waals surface area contributed by atoms with Crippen LogP contribution in [-0.4, -0.2) is 9.97 Å². The molecule has 0 N–H and O–H groups in total. The summed E-state index contributed by atoms with van der Waals surface area (Å²) in [4.78, 5) is 8.72. The Morgan fingerprint density at radius 2 is 1.58 bits per heavy atom. The Morgan fingerprint density at radius 1 is 0.708 bits per heavy atom. The van der Waals surface area contributed by atoms with Gasteiger partial charge in [0.25, 0.3) is 0 Å². The molecule has 4 rings (SSSR count). The summed E-state index contributed by atoms with van der Waals surface area (Å²) in [7, 11) is 0. The van der Waals surface area contributed by atoms with Crippen LogP contribution in [0.1, 0.15) is 5.56 Å². The van der Waals surface area contributed by atoms with Crippen molar-refractivity contribution < 1.29 is 4.74 Å². The Labute approximate surface area is 140 Å². The first-order valence-corrected chi connectivity index (χ1v) is 7.86. The first kappa shape index (κ1) is 14.4. The topological polar surface area (TPSA) is 35.0 Å². The van der Waals surface area contributed by atoms with Gasteiger partial charge in [-0.25, -0.2) is 4.98 Å². The van der Waals surface area contributed by atoms with Crippen LogP contribution in [0.2, 0.25) is 0 Å². The van der Waals surface area contributed by atoms with Crippen molar-refractivity contribution in [1.82, 2.24) is 9.97 Å². The molecule has 0 bridgehead atoms. The fourth-order valence-electron chi connectivity index (χ4n) is 2.65. The van der Waals surface area contributed by atoms with Gasteiger partial charge in [0.05, 0.1) is 5.52 Å². The third-order valence-electron chi connectivity index (χ3n) is 3.90. The lowest BCUT2D eigenvalue weighted by molar-refractivity contribution is 0.294. The highest BCUT2D eigenvalue weighted by molar-refractivity contribution is 5.84. The molecule has 0 atom stereocenters. The second-order valence-electron chi connectivity index (χ2n) is 5.57. The van der Waals surface area contributed by atoms with Crippen LogP contribution in [0.25, 0.3) is 22.0 Å². The number of pyridine rings is 2. The quantitative estimate of drug-likeness (QED) is 0.539. The molecule has 0 saturated heterocycles. The number of nitrogens with zero attached hydrogens (tertiary/aromatic N) is 2. The second kappa shape index (κ2) is 6.50. The normalized spacial score (nSPS) is 10.7. The van der Waals surface area contributed by atoms with Gasteiger partial charge in [-0.2, -0.15) is 0 Å². The van der Waals surface area contributed by atoms with Crippen LogP contribution in [-0.2, 0) is 6.61 Å². The Morgan fingerprint density at radius 3 is 2.50 bits per heavy atom. The van der Waals surface area contributed by atoms with Crippen LogP contribution < -0.4 is 4.74 Å². The van der Waals surface area contributed by atoms with Crippen LogP contribution in [0.5, 0.6) is 5.88 Å². The van der Waals surface area contributed by atoms with E-state index in [0.717, 1.165) is 27.6 Å². The van der Waals surface area contributed by atoms with Gasteiger partial charge >= 0.3 is 0 Å². The van der Waals surface area contributed by atoms with Crippen molar-refractivity contribution in [3.63, 3.8) is 0 Å². The Bertz CT molecular complexity index is 967. The number of benzene rings is 2. The molecule has 3 heteroatoms. The third-order valence-corrected chi connectivity index (χ3v) is 3.90. The zero-order valence-electron chi connectivity index (χ0n) is 13.1. The predicted molar refractivity (Wildman–Crippen MR) is 95.7 cm³/mol. The summed E-state index contributed by atoms with van der Waals surface area (Å²) in [5, 5.41) is 1.14. The van der Waals surface area contributed by atoms with E-state index in [1.165, 1.54) is 0 Å². The fraction of sp³-hybridized carbons (Fsp3) is 0.0476. The molecule has 0 amide bonds. The number of fused-ring (bicyclic) bond motifs is 1. The highest BCUT2D eigenvalue weighted by Gasteiger charge is 2.04. The molecule has 0 radical (unpaired) electrons. The summed E-state index contributed by atoms with van der Waals surface area (Å²) in [6, 6.07) is 24.3. The molecule has 0 unspecified atom stereocenters. The molecule has 0 spiro atoms. The van der Waals surface area contributed by atoms with E-state index >= 15 is 0 Å². The number of hydrogen-bond acceptors (Lipinski definition) is 3. The van der Waals surface area contributed by atoms with Crippen LogP contribution in [0, 0.1) is 0 Å². The first-order valence-electron chi connectivity index (χ1n) is 7.86. The minimum Gasteiger partial charge on any atom is -0.473 e. The summed E-state index contributed by atoms with van der Waals surface area (Å²) >= 11 is 0. The number of aromatic nitrogens is 2. The first-order chi connectivity index (χ1) is 11.9. The van der Waals surface area contributed by atoms with Crippen LogP contribution in [0.15, 0.2) is 85.2 Å². The predicted octanol–water partition coefficient (Wildman–Crippen LogP) is 4.88. The monoisotopic (exact) mass is 312 g/mol. The molecule has 3 nitrogen and oxygen atoms in total. The van der Waals surface area contributed by atoms with Gasteiger partial charge in [-0.1, -0.05) is 48.5 Å². The Balaban J connectivity index is 1.59. The summed E-state index contributed by atoms with van der Waals surface area (Å²) in [6.07, 6.45) is 3.59. The molecular formula is C21H16N2O. The number of hydrogen-bond donors (Lipinski definition) is 0. The highest BCUT2D eigenvalue weighted by atomic mass is 16.5. The van der Waals surface area contributed by atoms with E-state index in [1.54, 1.807) is 6.20 Å². The van der Waals surface area contributed by atoms with Crippen molar-refractivity contribution in [2.45, 2.75) is 6.61 Å². The van der Waals surface area contributed by atoms with Gasteiger partial charge in [0.15, 0.2) is 0 Å². The van der Waals surface area contributed by atoms with E-state index in [1.807, 2.05) is 54.7 Å². The molecule has 0 fully saturated rings.